The predicted molar refractivity (Wildman–Crippen MR) is 144 cm³/mol. The Hall–Kier alpha value is -2.78. The van der Waals surface area contributed by atoms with E-state index in [-0.39, 0.29) is 48.8 Å². The van der Waals surface area contributed by atoms with Crippen molar-refractivity contribution in [3.63, 3.8) is 0 Å². The summed E-state index contributed by atoms with van der Waals surface area (Å²) in [7, 11) is -2.14. The van der Waals surface area contributed by atoms with Gasteiger partial charge >= 0.3 is 0 Å². The first-order chi connectivity index (χ1) is 17.0. The van der Waals surface area contributed by atoms with Crippen molar-refractivity contribution in [1.29, 1.82) is 0 Å². The number of nitrogens with one attached hydrogen (secondary N) is 1. The summed E-state index contributed by atoms with van der Waals surface area (Å²) in [4.78, 5) is 27.9. The van der Waals surface area contributed by atoms with Gasteiger partial charge in [0.2, 0.25) is 21.8 Å². The molecular formula is C26H36ClN3O5S. The fourth-order valence-electron chi connectivity index (χ4n) is 3.89. The second-order valence-corrected chi connectivity index (χ2v) is 11.2. The Morgan fingerprint density at radius 1 is 1.11 bits per heavy atom. The van der Waals surface area contributed by atoms with Crippen LogP contribution in [0.3, 0.4) is 0 Å². The van der Waals surface area contributed by atoms with E-state index in [0.29, 0.717) is 17.9 Å². The summed E-state index contributed by atoms with van der Waals surface area (Å²) in [5.41, 5.74) is 1.30. The molecule has 0 aromatic heterocycles. The van der Waals surface area contributed by atoms with E-state index >= 15 is 0 Å². The van der Waals surface area contributed by atoms with Gasteiger partial charge in [-0.15, -0.1) is 0 Å². The third kappa shape index (κ3) is 8.41. The van der Waals surface area contributed by atoms with Crippen molar-refractivity contribution in [3.05, 3.63) is 59.1 Å². The number of rotatable bonds is 13. The Labute approximate surface area is 219 Å². The molecule has 0 radical (unpaired) electrons. The Bertz CT molecular complexity index is 1130. The highest BCUT2D eigenvalue weighted by atomic mass is 35.5. The highest BCUT2D eigenvalue weighted by molar-refractivity contribution is 7.92. The number of halogens is 1. The fourth-order valence-corrected chi connectivity index (χ4v) is 5.10. The number of nitrogens with zero attached hydrogens (tertiary/aromatic N) is 2. The van der Waals surface area contributed by atoms with Crippen molar-refractivity contribution < 1.29 is 22.7 Å². The Kier molecular flexibility index (Phi) is 11.0. The molecule has 2 rings (SSSR count). The van der Waals surface area contributed by atoms with Gasteiger partial charge in [0, 0.05) is 25.6 Å². The van der Waals surface area contributed by atoms with Crippen LogP contribution in [0.5, 0.6) is 5.75 Å². The number of ether oxygens (including phenoxy) is 1. The molecule has 198 valence electrons. The lowest BCUT2D eigenvalue weighted by Gasteiger charge is -2.31. The van der Waals surface area contributed by atoms with Crippen LogP contribution < -0.4 is 14.4 Å². The van der Waals surface area contributed by atoms with E-state index < -0.39 is 16.1 Å². The molecular weight excluding hydrogens is 502 g/mol. The number of benzene rings is 2. The van der Waals surface area contributed by atoms with E-state index in [4.69, 9.17) is 16.3 Å². The van der Waals surface area contributed by atoms with Crippen molar-refractivity contribution in [3.8, 4) is 5.75 Å². The molecule has 2 aromatic rings. The first-order valence-corrected chi connectivity index (χ1v) is 14.2. The second kappa shape index (κ2) is 13.5. The minimum absolute atomic E-state index is 0.0557. The van der Waals surface area contributed by atoms with Crippen LogP contribution in [0.4, 0.5) is 5.69 Å². The first-order valence-electron chi connectivity index (χ1n) is 11.9. The van der Waals surface area contributed by atoms with Crippen LogP contribution in [0.25, 0.3) is 0 Å². The summed E-state index contributed by atoms with van der Waals surface area (Å²) in [6.45, 7) is 5.99. The van der Waals surface area contributed by atoms with Crippen LogP contribution in [0, 0.1) is 0 Å². The summed E-state index contributed by atoms with van der Waals surface area (Å²) < 4.78 is 31.4. The van der Waals surface area contributed by atoms with Gasteiger partial charge in [-0.1, -0.05) is 48.9 Å². The number of sulfonamides is 1. The zero-order valence-electron chi connectivity index (χ0n) is 21.5. The van der Waals surface area contributed by atoms with Crippen molar-refractivity contribution in [2.75, 3.05) is 24.2 Å². The SMILES string of the molecule is CC[C@@H](C(=O)NC(C)C)N(Cc1ccccc1)C(=O)CCCN(c1ccc(OC)c(Cl)c1)S(C)(=O)=O. The van der Waals surface area contributed by atoms with Gasteiger partial charge in [-0.05, 0) is 50.5 Å². The Morgan fingerprint density at radius 2 is 1.78 bits per heavy atom. The summed E-state index contributed by atoms with van der Waals surface area (Å²) in [5.74, 6) is 0.0131. The normalized spacial score (nSPS) is 12.2. The van der Waals surface area contributed by atoms with Crippen LogP contribution in [-0.2, 0) is 26.2 Å². The summed E-state index contributed by atoms with van der Waals surface area (Å²) in [6, 6.07) is 13.5. The van der Waals surface area contributed by atoms with E-state index in [0.717, 1.165) is 11.8 Å². The third-order valence-corrected chi connectivity index (χ3v) is 7.08. The second-order valence-electron chi connectivity index (χ2n) is 8.85. The minimum atomic E-state index is -3.62. The molecule has 0 saturated carbocycles. The first kappa shape index (κ1) is 29.5. The van der Waals surface area contributed by atoms with Crippen molar-refractivity contribution >= 4 is 39.1 Å². The zero-order chi connectivity index (χ0) is 26.9. The van der Waals surface area contributed by atoms with Gasteiger partial charge in [0.25, 0.3) is 0 Å². The quantitative estimate of drug-likeness (QED) is 0.412. The number of amides is 2. The molecule has 0 unspecified atom stereocenters. The maximum atomic E-state index is 13.4. The monoisotopic (exact) mass is 537 g/mol. The third-order valence-electron chi connectivity index (χ3n) is 5.59. The van der Waals surface area contributed by atoms with E-state index in [9.17, 15) is 18.0 Å². The Balaban J connectivity index is 2.21. The van der Waals surface area contributed by atoms with Crippen LogP contribution in [0.1, 0.15) is 45.6 Å². The van der Waals surface area contributed by atoms with Gasteiger partial charge in [0.05, 0.1) is 24.1 Å². The van der Waals surface area contributed by atoms with E-state index in [1.165, 1.54) is 17.5 Å². The van der Waals surface area contributed by atoms with E-state index in [1.807, 2.05) is 51.1 Å². The average molecular weight is 538 g/mol. The molecule has 1 atom stereocenters. The molecule has 10 heteroatoms. The molecule has 0 bridgehead atoms. The van der Waals surface area contributed by atoms with Crippen LogP contribution in [-0.4, -0.2) is 57.1 Å². The van der Waals surface area contributed by atoms with E-state index in [1.54, 1.807) is 17.0 Å². The molecule has 0 aliphatic rings. The van der Waals surface area contributed by atoms with Crippen molar-refractivity contribution in [1.82, 2.24) is 10.2 Å². The van der Waals surface area contributed by atoms with Gasteiger partial charge in [0.15, 0.2) is 0 Å². The number of anilines is 1. The summed E-state index contributed by atoms with van der Waals surface area (Å²) >= 11 is 6.20. The number of carbonyl (C=O) groups excluding carboxylic acids is 2. The van der Waals surface area contributed by atoms with Gasteiger partial charge in [-0.25, -0.2) is 8.42 Å². The van der Waals surface area contributed by atoms with Crippen LogP contribution >= 0.6 is 11.6 Å². The topological polar surface area (TPSA) is 96.0 Å². The molecule has 0 aliphatic heterocycles. The molecule has 0 spiro atoms. The molecule has 0 saturated heterocycles. The van der Waals surface area contributed by atoms with Gasteiger partial charge in [0.1, 0.15) is 11.8 Å². The number of hydrogen-bond donors (Lipinski definition) is 1. The lowest BCUT2D eigenvalue weighted by Crippen LogP contribution is -2.50. The van der Waals surface area contributed by atoms with Crippen molar-refractivity contribution in [2.24, 2.45) is 0 Å². The zero-order valence-corrected chi connectivity index (χ0v) is 23.1. The van der Waals surface area contributed by atoms with E-state index in [2.05, 4.69) is 5.32 Å². The minimum Gasteiger partial charge on any atom is -0.495 e. The summed E-state index contributed by atoms with van der Waals surface area (Å²) in [5, 5.41) is 3.19. The molecule has 0 heterocycles. The highest BCUT2D eigenvalue weighted by Gasteiger charge is 2.29. The predicted octanol–water partition coefficient (Wildman–Crippen LogP) is 4.23. The van der Waals surface area contributed by atoms with Gasteiger partial charge in [-0.2, -0.15) is 0 Å². The van der Waals surface area contributed by atoms with Crippen LogP contribution in [0.15, 0.2) is 48.5 Å². The van der Waals surface area contributed by atoms with Crippen molar-refractivity contribution in [2.45, 2.75) is 58.7 Å². The maximum absolute atomic E-state index is 13.4. The molecule has 2 aromatic carbocycles. The number of carbonyl (C=O) groups is 2. The molecule has 2 amide bonds. The Morgan fingerprint density at radius 3 is 2.31 bits per heavy atom. The largest absolute Gasteiger partial charge is 0.495 e. The summed E-state index contributed by atoms with van der Waals surface area (Å²) in [6.07, 6.45) is 1.91. The standard InChI is InChI=1S/C26H36ClN3O5S/c1-6-23(26(32)28-19(2)3)29(18-20-11-8-7-9-12-20)25(31)13-10-16-30(36(5,33)34)21-14-15-24(35-4)22(27)17-21/h7-9,11-12,14-15,17,19,23H,6,10,13,16,18H2,1-5H3,(H,28,32)/t23-/m0/s1. The fraction of sp³-hybridized carbons (Fsp3) is 0.462. The van der Waals surface area contributed by atoms with Crippen LogP contribution in [0.2, 0.25) is 5.02 Å². The lowest BCUT2D eigenvalue weighted by atomic mass is 10.1. The molecule has 36 heavy (non-hydrogen) atoms. The highest BCUT2D eigenvalue weighted by Crippen LogP contribution is 2.30. The maximum Gasteiger partial charge on any atom is 0.243 e. The average Bonchev–Trinajstić information content (AvgIpc) is 2.81. The molecule has 8 nitrogen and oxygen atoms in total. The molecule has 0 fully saturated rings. The molecule has 1 N–H and O–H groups in total. The van der Waals surface area contributed by atoms with Gasteiger partial charge < -0.3 is 15.0 Å². The number of methoxy groups -OCH3 is 1. The lowest BCUT2D eigenvalue weighted by molar-refractivity contribution is -0.141. The molecule has 0 aliphatic carbocycles. The smallest absolute Gasteiger partial charge is 0.243 e. The number of hydrogen-bond acceptors (Lipinski definition) is 5. The van der Waals surface area contributed by atoms with Gasteiger partial charge in [-0.3, -0.25) is 13.9 Å².